The first-order valence-corrected chi connectivity index (χ1v) is 12.0. The molecule has 0 unspecified atom stereocenters. The van der Waals surface area contributed by atoms with Gasteiger partial charge < -0.3 is 10.6 Å². The predicted octanol–water partition coefficient (Wildman–Crippen LogP) is 3.67. The van der Waals surface area contributed by atoms with Crippen LogP contribution in [-0.4, -0.2) is 30.5 Å². The molecule has 7 nitrogen and oxygen atoms in total. The zero-order valence-electron chi connectivity index (χ0n) is 17.6. The van der Waals surface area contributed by atoms with Gasteiger partial charge >= 0.3 is 0 Å². The van der Waals surface area contributed by atoms with E-state index in [0.29, 0.717) is 23.6 Å². The Labute approximate surface area is 190 Å². The SMILES string of the molecule is CS(=O)(=O)c1ccc(Nc2cc3c(C#Cc4ccc5c(c4)NC(=O)C5)nccc3cn2)cc1. The minimum atomic E-state index is -3.25. The smallest absolute Gasteiger partial charge is 0.228 e. The quantitative estimate of drug-likeness (QED) is 0.458. The molecule has 8 heteroatoms. The highest BCUT2D eigenvalue weighted by molar-refractivity contribution is 7.90. The fourth-order valence-corrected chi connectivity index (χ4v) is 4.22. The Hall–Kier alpha value is -4.22. The van der Waals surface area contributed by atoms with E-state index in [4.69, 9.17) is 0 Å². The van der Waals surface area contributed by atoms with Crippen molar-refractivity contribution >= 4 is 43.7 Å². The minimum absolute atomic E-state index is 0.00989. The second-order valence-electron chi connectivity index (χ2n) is 7.72. The Morgan fingerprint density at radius 1 is 1.00 bits per heavy atom. The lowest BCUT2D eigenvalue weighted by molar-refractivity contribution is -0.115. The monoisotopic (exact) mass is 454 g/mol. The van der Waals surface area contributed by atoms with Gasteiger partial charge in [0.2, 0.25) is 5.91 Å². The highest BCUT2D eigenvalue weighted by Crippen LogP contribution is 2.25. The first-order chi connectivity index (χ1) is 15.8. The van der Waals surface area contributed by atoms with Gasteiger partial charge in [-0.3, -0.25) is 4.79 Å². The molecule has 162 valence electrons. The number of benzene rings is 2. The Kier molecular flexibility index (Phi) is 5.04. The summed E-state index contributed by atoms with van der Waals surface area (Å²) < 4.78 is 23.3. The number of rotatable bonds is 3. The number of nitrogens with one attached hydrogen (secondary N) is 2. The Balaban J connectivity index is 1.44. The van der Waals surface area contributed by atoms with Gasteiger partial charge in [0.05, 0.1) is 11.3 Å². The van der Waals surface area contributed by atoms with Gasteiger partial charge in [-0.15, -0.1) is 0 Å². The number of carbonyl (C=O) groups excluding carboxylic acids is 1. The van der Waals surface area contributed by atoms with Crippen LogP contribution in [0.3, 0.4) is 0 Å². The van der Waals surface area contributed by atoms with Gasteiger partial charge in [-0.2, -0.15) is 0 Å². The van der Waals surface area contributed by atoms with Gasteiger partial charge in [0, 0.05) is 46.4 Å². The molecule has 2 aromatic carbocycles. The van der Waals surface area contributed by atoms with Crippen LogP contribution in [0.4, 0.5) is 17.2 Å². The van der Waals surface area contributed by atoms with Crippen LogP contribution in [0.2, 0.25) is 0 Å². The van der Waals surface area contributed by atoms with Gasteiger partial charge in [-0.1, -0.05) is 12.0 Å². The standard InChI is InChI=1S/C25H18N4O3S/c1-33(31,32)20-7-5-19(6-8-20)28-24-14-21-18(15-27-24)10-11-26-22(21)9-3-16-2-4-17-13-25(30)29-23(17)12-16/h2,4-8,10-12,14-15H,13H2,1H3,(H,27,28)(H,29,30). The van der Waals surface area contributed by atoms with Crippen LogP contribution in [0.25, 0.3) is 10.8 Å². The second-order valence-corrected chi connectivity index (χ2v) is 9.73. The van der Waals surface area contributed by atoms with Crippen molar-refractivity contribution in [3.63, 3.8) is 0 Å². The molecule has 5 rings (SSSR count). The third-order valence-electron chi connectivity index (χ3n) is 5.26. The molecule has 1 aliphatic heterocycles. The number of amides is 1. The number of nitrogens with zero attached hydrogens (tertiary/aromatic N) is 2. The number of pyridine rings is 2. The molecular formula is C25H18N4O3S. The molecule has 2 N–H and O–H groups in total. The van der Waals surface area contributed by atoms with E-state index in [1.165, 1.54) is 6.26 Å². The topological polar surface area (TPSA) is 101 Å². The second kappa shape index (κ2) is 8.04. The average molecular weight is 455 g/mol. The first kappa shape index (κ1) is 20.7. The highest BCUT2D eigenvalue weighted by Gasteiger charge is 2.17. The van der Waals surface area contributed by atoms with Crippen molar-refractivity contribution in [2.75, 3.05) is 16.9 Å². The van der Waals surface area contributed by atoms with Crippen molar-refractivity contribution in [2.45, 2.75) is 11.3 Å². The maximum absolute atomic E-state index is 11.6. The van der Waals surface area contributed by atoms with Crippen LogP contribution in [0.5, 0.6) is 0 Å². The summed E-state index contributed by atoms with van der Waals surface area (Å²) in [5, 5.41) is 7.76. The molecule has 3 heterocycles. The fraction of sp³-hybridized carbons (Fsp3) is 0.0800. The highest BCUT2D eigenvalue weighted by atomic mass is 32.2. The summed E-state index contributed by atoms with van der Waals surface area (Å²) in [6.07, 6.45) is 5.00. The zero-order chi connectivity index (χ0) is 23.0. The van der Waals surface area contributed by atoms with E-state index in [-0.39, 0.29) is 10.8 Å². The number of aromatic nitrogens is 2. The minimum Gasteiger partial charge on any atom is -0.340 e. The molecule has 0 saturated heterocycles. The van der Waals surface area contributed by atoms with Crippen molar-refractivity contribution in [3.05, 3.63) is 83.8 Å². The normalized spacial score (nSPS) is 12.6. The number of anilines is 3. The molecule has 0 atom stereocenters. The van der Waals surface area contributed by atoms with Crippen LogP contribution in [-0.2, 0) is 21.1 Å². The van der Waals surface area contributed by atoms with E-state index >= 15 is 0 Å². The fourth-order valence-electron chi connectivity index (χ4n) is 3.59. The van der Waals surface area contributed by atoms with E-state index in [1.807, 2.05) is 30.3 Å². The number of hydrogen-bond acceptors (Lipinski definition) is 6. The van der Waals surface area contributed by atoms with Gasteiger partial charge in [0.1, 0.15) is 11.5 Å². The largest absolute Gasteiger partial charge is 0.340 e. The molecule has 1 aliphatic rings. The Bertz CT molecular complexity index is 1580. The molecule has 0 fully saturated rings. The van der Waals surface area contributed by atoms with Crippen LogP contribution in [0.15, 0.2) is 71.9 Å². The van der Waals surface area contributed by atoms with Crippen LogP contribution in [0.1, 0.15) is 16.8 Å². The number of fused-ring (bicyclic) bond motifs is 2. The van der Waals surface area contributed by atoms with Crippen molar-refractivity contribution in [2.24, 2.45) is 0 Å². The van der Waals surface area contributed by atoms with Crippen LogP contribution >= 0.6 is 0 Å². The molecule has 0 radical (unpaired) electrons. The summed E-state index contributed by atoms with van der Waals surface area (Å²) in [6, 6.07) is 15.9. The van der Waals surface area contributed by atoms with Crippen molar-refractivity contribution in [1.29, 1.82) is 0 Å². The molecule has 33 heavy (non-hydrogen) atoms. The number of hydrogen-bond donors (Lipinski definition) is 2. The first-order valence-electron chi connectivity index (χ1n) is 10.1. The third-order valence-corrected chi connectivity index (χ3v) is 6.39. The molecule has 2 aromatic heterocycles. The Morgan fingerprint density at radius 2 is 1.82 bits per heavy atom. The van der Waals surface area contributed by atoms with E-state index in [0.717, 1.165) is 27.6 Å². The molecule has 1 amide bonds. The lowest BCUT2D eigenvalue weighted by atomic mass is 10.1. The Morgan fingerprint density at radius 3 is 2.61 bits per heavy atom. The van der Waals surface area contributed by atoms with E-state index in [9.17, 15) is 13.2 Å². The summed E-state index contributed by atoms with van der Waals surface area (Å²) >= 11 is 0. The van der Waals surface area contributed by atoms with Crippen molar-refractivity contribution in [1.82, 2.24) is 9.97 Å². The molecule has 0 spiro atoms. The summed E-state index contributed by atoms with van der Waals surface area (Å²) in [5.41, 5.74) is 3.88. The summed E-state index contributed by atoms with van der Waals surface area (Å²) in [4.78, 5) is 20.7. The summed E-state index contributed by atoms with van der Waals surface area (Å²) in [7, 11) is -3.25. The number of carbonyl (C=O) groups is 1. The molecule has 4 aromatic rings. The van der Waals surface area contributed by atoms with Gasteiger partial charge in [0.25, 0.3) is 0 Å². The summed E-state index contributed by atoms with van der Waals surface area (Å²) in [6.45, 7) is 0. The average Bonchev–Trinajstić information content (AvgIpc) is 3.16. The van der Waals surface area contributed by atoms with Gasteiger partial charge in [-0.25, -0.2) is 18.4 Å². The zero-order valence-corrected chi connectivity index (χ0v) is 18.4. The number of sulfone groups is 1. The van der Waals surface area contributed by atoms with Crippen LogP contribution < -0.4 is 10.6 Å². The lowest BCUT2D eigenvalue weighted by Gasteiger charge is -2.08. The van der Waals surface area contributed by atoms with Gasteiger partial charge in [-0.05, 0) is 60.0 Å². The van der Waals surface area contributed by atoms with E-state index in [1.54, 1.807) is 36.7 Å². The molecule has 0 saturated carbocycles. The molecule has 0 aliphatic carbocycles. The van der Waals surface area contributed by atoms with E-state index in [2.05, 4.69) is 32.4 Å². The summed E-state index contributed by atoms with van der Waals surface area (Å²) in [5.74, 6) is 6.83. The molecule has 0 bridgehead atoms. The van der Waals surface area contributed by atoms with Crippen LogP contribution in [0, 0.1) is 11.8 Å². The van der Waals surface area contributed by atoms with Crippen molar-refractivity contribution in [3.8, 4) is 11.8 Å². The maximum atomic E-state index is 11.6. The van der Waals surface area contributed by atoms with Gasteiger partial charge in [0.15, 0.2) is 9.84 Å². The van der Waals surface area contributed by atoms with E-state index < -0.39 is 9.84 Å². The third kappa shape index (κ3) is 4.40. The van der Waals surface area contributed by atoms with Crippen molar-refractivity contribution < 1.29 is 13.2 Å². The lowest BCUT2D eigenvalue weighted by Crippen LogP contribution is -2.03. The molecular weight excluding hydrogens is 436 g/mol. The predicted molar refractivity (Wildman–Crippen MR) is 127 cm³/mol. The maximum Gasteiger partial charge on any atom is 0.228 e.